The molecular formula is C12H27NSi. The third-order valence-electron chi connectivity index (χ3n) is 5.46. The average molecular weight is 213 g/mol. The van der Waals surface area contributed by atoms with Crippen LogP contribution in [0.25, 0.3) is 0 Å². The Bertz CT molecular complexity index is 204. The molecule has 1 fully saturated rings. The Hall–Kier alpha value is 0.177. The number of rotatable bonds is 2. The molecule has 0 aromatic rings. The lowest BCUT2D eigenvalue weighted by Crippen LogP contribution is -2.60. The van der Waals surface area contributed by atoms with E-state index in [0.717, 1.165) is 0 Å². The van der Waals surface area contributed by atoms with Crippen molar-refractivity contribution in [2.45, 2.75) is 71.0 Å². The van der Waals surface area contributed by atoms with Crippen LogP contribution in [0.3, 0.4) is 0 Å². The van der Waals surface area contributed by atoms with Crippen LogP contribution < -0.4 is 5.40 Å². The van der Waals surface area contributed by atoms with Crippen molar-refractivity contribution in [2.75, 3.05) is 0 Å². The molecule has 0 spiro atoms. The van der Waals surface area contributed by atoms with Crippen molar-refractivity contribution >= 4 is 8.24 Å². The fraction of sp³-hybridized carbons (Fsp3) is 1.00. The third kappa shape index (κ3) is 1.47. The van der Waals surface area contributed by atoms with Crippen molar-refractivity contribution < 1.29 is 0 Å². The van der Waals surface area contributed by atoms with E-state index < -0.39 is 8.24 Å². The second-order valence-corrected chi connectivity index (χ2v) is 10.5. The van der Waals surface area contributed by atoms with Gasteiger partial charge < -0.3 is 5.40 Å². The van der Waals surface area contributed by atoms with Gasteiger partial charge in [0.15, 0.2) is 0 Å². The lowest BCUT2D eigenvalue weighted by Gasteiger charge is -2.57. The summed E-state index contributed by atoms with van der Waals surface area (Å²) in [4.78, 5) is 0. The molecule has 1 heterocycles. The molecule has 1 aliphatic heterocycles. The standard InChI is InChI=1S/C12H27NSi/c1-6-12(7-2)9-8-10-14(5,13)11(12,3)4/h6-10,13H2,1-5H3. The van der Waals surface area contributed by atoms with E-state index in [1.807, 2.05) is 0 Å². The molecule has 0 bridgehead atoms. The van der Waals surface area contributed by atoms with Gasteiger partial charge in [0, 0.05) is 0 Å². The average Bonchev–Trinajstić information content (AvgIpc) is 2.10. The second kappa shape index (κ2) is 3.64. The van der Waals surface area contributed by atoms with Gasteiger partial charge in [-0.3, -0.25) is 0 Å². The van der Waals surface area contributed by atoms with Crippen molar-refractivity contribution in [2.24, 2.45) is 10.8 Å². The summed E-state index contributed by atoms with van der Waals surface area (Å²) in [5, 5.41) is 7.03. The topological polar surface area (TPSA) is 26.0 Å². The van der Waals surface area contributed by atoms with E-state index in [4.69, 9.17) is 5.40 Å². The van der Waals surface area contributed by atoms with Crippen LogP contribution >= 0.6 is 0 Å². The van der Waals surface area contributed by atoms with Gasteiger partial charge in [-0.2, -0.15) is 0 Å². The molecule has 2 N–H and O–H groups in total. The zero-order chi connectivity index (χ0) is 11.0. The van der Waals surface area contributed by atoms with Crippen LogP contribution in [-0.4, -0.2) is 8.24 Å². The minimum absolute atomic E-state index is 0.405. The molecule has 1 rings (SSSR count). The van der Waals surface area contributed by atoms with Gasteiger partial charge in [0.1, 0.15) is 8.24 Å². The normalized spacial score (nSPS) is 35.6. The molecule has 84 valence electrons. The highest BCUT2D eigenvalue weighted by molar-refractivity contribution is 6.78. The first-order valence-electron chi connectivity index (χ1n) is 6.12. The predicted molar refractivity (Wildman–Crippen MR) is 66.9 cm³/mol. The monoisotopic (exact) mass is 213 g/mol. The molecule has 1 saturated heterocycles. The van der Waals surface area contributed by atoms with Gasteiger partial charge in [0.2, 0.25) is 0 Å². The zero-order valence-corrected chi connectivity index (χ0v) is 11.6. The lowest BCUT2D eigenvalue weighted by molar-refractivity contribution is 0.144. The van der Waals surface area contributed by atoms with Crippen molar-refractivity contribution in [1.82, 2.24) is 0 Å². The van der Waals surface area contributed by atoms with Crippen molar-refractivity contribution in [3.05, 3.63) is 0 Å². The first-order chi connectivity index (χ1) is 6.33. The maximum absolute atomic E-state index is 6.62. The van der Waals surface area contributed by atoms with E-state index in [2.05, 4.69) is 34.2 Å². The number of hydrogen-bond donors (Lipinski definition) is 1. The smallest absolute Gasteiger partial charge is 0.126 e. The molecule has 0 aromatic heterocycles. The second-order valence-electron chi connectivity index (χ2n) is 5.88. The van der Waals surface area contributed by atoms with Crippen LogP contribution in [-0.2, 0) is 0 Å². The molecule has 0 aromatic carbocycles. The predicted octanol–water partition coefficient (Wildman–Crippen LogP) is 3.90. The molecule has 14 heavy (non-hydrogen) atoms. The Morgan fingerprint density at radius 2 is 1.71 bits per heavy atom. The Morgan fingerprint density at radius 3 is 2.07 bits per heavy atom. The third-order valence-corrected chi connectivity index (χ3v) is 10.2. The largest absolute Gasteiger partial charge is 0.350 e. The van der Waals surface area contributed by atoms with E-state index in [1.54, 1.807) is 0 Å². The number of hydrogen-bond acceptors (Lipinski definition) is 1. The highest BCUT2D eigenvalue weighted by Gasteiger charge is 2.55. The van der Waals surface area contributed by atoms with Crippen molar-refractivity contribution in [1.29, 1.82) is 0 Å². The van der Waals surface area contributed by atoms with Gasteiger partial charge in [-0.15, -0.1) is 0 Å². The summed E-state index contributed by atoms with van der Waals surface area (Å²) < 4.78 is 0. The Kier molecular flexibility index (Phi) is 3.18. The Morgan fingerprint density at radius 1 is 1.21 bits per heavy atom. The van der Waals surface area contributed by atoms with E-state index in [-0.39, 0.29) is 0 Å². The quantitative estimate of drug-likeness (QED) is 0.692. The molecule has 0 aliphatic carbocycles. The van der Waals surface area contributed by atoms with Crippen LogP contribution in [0.15, 0.2) is 0 Å². The summed E-state index contributed by atoms with van der Waals surface area (Å²) in [6, 6.07) is 1.32. The first-order valence-corrected chi connectivity index (χ1v) is 8.90. The molecular weight excluding hydrogens is 186 g/mol. The summed E-state index contributed by atoms with van der Waals surface area (Å²) in [6.45, 7) is 11.9. The summed E-state index contributed by atoms with van der Waals surface area (Å²) >= 11 is 0. The van der Waals surface area contributed by atoms with E-state index in [9.17, 15) is 0 Å². The Balaban J connectivity index is 3.07. The van der Waals surface area contributed by atoms with E-state index in [1.165, 1.54) is 31.7 Å². The summed E-state index contributed by atoms with van der Waals surface area (Å²) in [7, 11) is -1.50. The number of nitrogens with two attached hydrogens (primary N) is 1. The SMILES string of the molecule is CCC1(CC)CCC[Si](C)(N)C1(C)C. The summed E-state index contributed by atoms with van der Waals surface area (Å²) in [5.41, 5.74) is 0.529. The van der Waals surface area contributed by atoms with Gasteiger partial charge >= 0.3 is 0 Å². The zero-order valence-electron chi connectivity index (χ0n) is 10.6. The summed E-state index contributed by atoms with van der Waals surface area (Å²) in [6.07, 6.45) is 5.36. The van der Waals surface area contributed by atoms with Crippen molar-refractivity contribution in [3.63, 3.8) is 0 Å². The van der Waals surface area contributed by atoms with Crippen LogP contribution in [0, 0.1) is 5.41 Å². The molecule has 0 radical (unpaired) electrons. The molecule has 1 aliphatic rings. The highest BCUT2D eigenvalue weighted by atomic mass is 28.3. The van der Waals surface area contributed by atoms with Crippen LogP contribution in [0.5, 0.6) is 0 Å². The minimum atomic E-state index is -1.50. The van der Waals surface area contributed by atoms with Gasteiger partial charge in [-0.25, -0.2) is 0 Å². The van der Waals surface area contributed by atoms with Gasteiger partial charge in [-0.05, 0) is 22.9 Å². The van der Waals surface area contributed by atoms with E-state index in [0.29, 0.717) is 10.5 Å². The Labute approximate surface area is 90.5 Å². The van der Waals surface area contributed by atoms with Crippen LogP contribution in [0.4, 0.5) is 0 Å². The minimum Gasteiger partial charge on any atom is -0.350 e. The highest BCUT2D eigenvalue weighted by Crippen LogP contribution is 2.61. The molecule has 1 nitrogen and oxygen atoms in total. The molecule has 1 unspecified atom stereocenters. The van der Waals surface area contributed by atoms with E-state index >= 15 is 0 Å². The molecule has 0 saturated carbocycles. The first kappa shape index (κ1) is 12.2. The molecule has 0 amide bonds. The molecule has 1 atom stereocenters. The fourth-order valence-corrected chi connectivity index (χ4v) is 6.74. The summed E-state index contributed by atoms with van der Waals surface area (Å²) in [5.74, 6) is 0. The van der Waals surface area contributed by atoms with Gasteiger partial charge in [0.25, 0.3) is 0 Å². The van der Waals surface area contributed by atoms with Crippen molar-refractivity contribution in [3.8, 4) is 0 Å². The molecule has 2 heteroatoms. The van der Waals surface area contributed by atoms with Crippen LogP contribution in [0.2, 0.25) is 17.6 Å². The van der Waals surface area contributed by atoms with Crippen LogP contribution in [0.1, 0.15) is 53.4 Å². The van der Waals surface area contributed by atoms with Gasteiger partial charge in [-0.1, -0.05) is 53.5 Å². The maximum atomic E-state index is 6.62. The fourth-order valence-electron chi connectivity index (χ4n) is 3.51. The lowest BCUT2D eigenvalue weighted by atomic mass is 9.68. The van der Waals surface area contributed by atoms with Gasteiger partial charge in [0.05, 0.1) is 0 Å². The maximum Gasteiger partial charge on any atom is 0.126 e.